The monoisotopic (exact) mass is 361 g/mol. The summed E-state index contributed by atoms with van der Waals surface area (Å²) in [6, 6.07) is 5.93. The van der Waals surface area contributed by atoms with Gasteiger partial charge in [0.25, 0.3) is 5.69 Å². The minimum absolute atomic E-state index is 0.0324. The first kappa shape index (κ1) is 19.6. The largest absolute Gasteiger partial charge is 0.465 e. The molecule has 140 valence electrons. The van der Waals surface area contributed by atoms with Crippen LogP contribution in [0.4, 0.5) is 5.69 Å². The van der Waals surface area contributed by atoms with Crippen LogP contribution in [-0.2, 0) is 19.1 Å². The topological polar surface area (TPSA) is 95.7 Å². The van der Waals surface area contributed by atoms with E-state index < -0.39 is 28.2 Å². The second-order valence-corrected chi connectivity index (χ2v) is 6.19. The molecule has 0 aromatic heterocycles. The molecule has 0 N–H and O–H groups in total. The molecule has 1 atom stereocenters. The molecule has 1 aliphatic carbocycles. The van der Waals surface area contributed by atoms with E-state index in [4.69, 9.17) is 9.47 Å². The number of allylic oxidation sites excluding steroid dienone is 1. The summed E-state index contributed by atoms with van der Waals surface area (Å²) < 4.78 is 10.4. The first-order chi connectivity index (χ1) is 12.4. The van der Waals surface area contributed by atoms with Gasteiger partial charge in [0.05, 0.1) is 18.1 Å². The summed E-state index contributed by atoms with van der Waals surface area (Å²) in [5.41, 5.74) is -0.209. The molecule has 0 amide bonds. The highest BCUT2D eigenvalue weighted by atomic mass is 16.6. The van der Waals surface area contributed by atoms with Crippen LogP contribution in [0.2, 0.25) is 0 Å². The summed E-state index contributed by atoms with van der Waals surface area (Å²) in [7, 11) is 0. The number of non-ortho nitro benzene ring substituents is 1. The van der Waals surface area contributed by atoms with Gasteiger partial charge in [0, 0.05) is 18.1 Å². The fraction of sp³-hybridized carbons (Fsp3) is 0.474. The molecule has 0 radical (unpaired) electrons. The lowest BCUT2D eigenvalue weighted by atomic mass is 9.72. The van der Waals surface area contributed by atoms with Gasteiger partial charge in [0.15, 0.2) is 5.41 Å². The SMILES string of the molecule is C=C(c1ccc([N+](=O)[O-])cc1)C1CCCC1(C(=O)OCC)C(=O)OCC. The molecule has 0 saturated heterocycles. The summed E-state index contributed by atoms with van der Waals surface area (Å²) in [4.78, 5) is 35.8. The zero-order chi connectivity index (χ0) is 19.3. The average molecular weight is 361 g/mol. The molecule has 1 unspecified atom stereocenters. The summed E-state index contributed by atoms with van der Waals surface area (Å²) in [5.74, 6) is -1.66. The van der Waals surface area contributed by atoms with E-state index in [1.807, 2.05) is 0 Å². The minimum Gasteiger partial charge on any atom is -0.465 e. The summed E-state index contributed by atoms with van der Waals surface area (Å²) >= 11 is 0. The lowest BCUT2D eigenvalue weighted by Crippen LogP contribution is -2.45. The Kier molecular flexibility index (Phi) is 6.13. The van der Waals surface area contributed by atoms with Crippen LogP contribution in [0, 0.1) is 21.4 Å². The van der Waals surface area contributed by atoms with E-state index in [1.54, 1.807) is 26.0 Å². The molecule has 1 aliphatic rings. The number of nitro benzene ring substituents is 1. The molecular weight excluding hydrogens is 338 g/mol. The zero-order valence-corrected chi connectivity index (χ0v) is 15.0. The molecule has 26 heavy (non-hydrogen) atoms. The van der Waals surface area contributed by atoms with E-state index >= 15 is 0 Å². The predicted octanol–water partition coefficient (Wildman–Crippen LogP) is 3.52. The van der Waals surface area contributed by atoms with Gasteiger partial charge in [-0.1, -0.05) is 13.0 Å². The first-order valence-corrected chi connectivity index (χ1v) is 8.66. The van der Waals surface area contributed by atoms with Crippen LogP contribution in [0.25, 0.3) is 5.57 Å². The normalized spacial score (nSPS) is 18.2. The lowest BCUT2D eigenvalue weighted by molar-refractivity contribution is -0.384. The number of carbonyl (C=O) groups is 2. The first-order valence-electron chi connectivity index (χ1n) is 8.66. The number of rotatable bonds is 7. The van der Waals surface area contributed by atoms with Crippen molar-refractivity contribution in [3.63, 3.8) is 0 Å². The van der Waals surface area contributed by atoms with Gasteiger partial charge in [-0.15, -0.1) is 0 Å². The van der Waals surface area contributed by atoms with E-state index in [1.165, 1.54) is 12.1 Å². The molecule has 2 rings (SSSR count). The van der Waals surface area contributed by atoms with Gasteiger partial charge in [-0.2, -0.15) is 0 Å². The number of nitro groups is 1. The second-order valence-electron chi connectivity index (χ2n) is 6.19. The predicted molar refractivity (Wildman–Crippen MR) is 95.2 cm³/mol. The standard InChI is InChI=1S/C19H23NO6/c1-4-25-17(21)19(18(22)26-5-2)12-6-7-16(19)13(3)14-8-10-15(11-9-14)20(23)24/h8-11,16H,3-7,12H2,1-2H3. The third-order valence-corrected chi connectivity index (χ3v) is 4.81. The molecule has 0 heterocycles. The van der Waals surface area contributed by atoms with E-state index in [-0.39, 0.29) is 18.9 Å². The van der Waals surface area contributed by atoms with Gasteiger partial charge in [0.2, 0.25) is 0 Å². The Balaban J connectivity index is 2.40. The van der Waals surface area contributed by atoms with Gasteiger partial charge in [0.1, 0.15) is 0 Å². The Morgan fingerprint density at radius 3 is 2.19 bits per heavy atom. The maximum absolute atomic E-state index is 12.7. The highest BCUT2D eigenvalue weighted by Gasteiger charge is 2.58. The Morgan fingerprint density at radius 2 is 1.73 bits per heavy atom. The van der Waals surface area contributed by atoms with Crippen LogP contribution in [0.5, 0.6) is 0 Å². The van der Waals surface area contributed by atoms with Gasteiger partial charge in [-0.25, -0.2) is 0 Å². The number of ether oxygens (including phenoxy) is 2. The van der Waals surface area contributed by atoms with Gasteiger partial charge in [-0.3, -0.25) is 19.7 Å². The van der Waals surface area contributed by atoms with Crippen LogP contribution in [-0.4, -0.2) is 30.1 Å². The fourth-order valence-corrected chi connectivity index (χ4v) is 3.57. The minimum atomic E-state index is -1.41. The molecule has 1 saturated carbocycles. The highest BCUT2D eigenvalue weighted by Crippen LogP contribution is 2.51. The summed E-state index contributed by atoms with van der Waals surface area (Å²) in [5, 5.41) is 10.8. The number of nitrogens with zero attached hydrogens (tertiary/aromatic N) is 1. The Hall–Kier alpha value is -2.70. The Bertz CT molecular complexity index is 691. The Morgan fingerprint density at radius 1 is 1.19 bits per heavy atom. The van der Waals surface area contributed by atoms with Crippen LogP contribution in [0.3, 0.4) is 0 Å². The zero-order valence-electron chi connectivity index (χ0n) is 15.0. The van der Waals surface area contributed by atoms with E-state index in [0.29, 0.717) is 30.4 Å². The number of hydrogen-bond donors (Lipinski definition) is 0. The quantitative estimate of drug-likeness (QED) is 0.319. The molecule has 1 aromatic carbocycles. The molecule has 0 spiro atoms. The van der Waals surface area contributed by atoms with E-state index in [2.05, 4.69) is 6.58 Å². The maximum atomic E-state index is 12.7. The number of carbonyl (C=O) groups excluding carboxylic acids is 2. The molecule has 1 fully saturated rings. The number of esters is 2. The van der Waals surface area contributed by atoms with Crippen molar-refractivity contribution in [2.45, 2.75) is 33.1 Å². The van der Waals surface area contributed by atoms with E-state index in [0.717, 1.165) is 0 Å². The number of benzene rings is 1. The smallest absolute Gasteiger partial charge is 0.324 e. The van der Waals surface area contributed by atoms with Crippen molar-refractivity contribution in [3.8, 4) is 0 Å². The molecule has 7 heteroatoms. The van der Waals surface area contributed by atoms with Crippen molar-refractivity contribution in [2.24, 2.45) is 11.3 Å². The Labute approximate surface area is 152 Å². The van der Waals surface area contributed by atoms with Crippen molar-refractivity contribution in [1.82, 2.24) is 0 Å². The van der Waals surface area contributed by atoms with Crippen LogP contribution < -0.4 is 0 Å². The third kappa shape index (κ3) is 3.47. The van der Waals surface area contributed by atoms with Gasteiger partial charge in [-0.05, 0) is 50.0 Å². The van der Waals surface area contributed by atoms with Gasteiger partial charge >= 0.3 is 11.9 Å². The molecule has 0 bridgehead atoms. The molecular formula is C19H23NO6. The van der Waals surface area contributed by atoms with Crippen LogP contribution >= 0.6 is 0 Å². The van der Waals surface area contributed by atoms with Crippen molar-refractivity contribution in [3.05, 3.63) is 46.5 Å². The summed E-state index contributed by atoms with van der Waals surface area (Å²) in [6.07, 6.45) is 1.59. The van der Waals surface area contributed by atoms with Crippen molar-refractivity contribution < 1.29 is 24.0 Å². The highest BCUT2D eigenvalue weighted by molar-refractivity contribution is 6.03. The fourth-order valence-electron chi connectivity index (χ4n) is 3.57. The van der Waals surface area contributed by atoms with Crippen molar-refractivity contribution in [1.29, 1.82) is 0 Å². The molecule has 1 aromatic rings. The van der Waals surface area contributed by atoms with Crippen LogP contribution in [0.1, 0.15) is 38.7 Å². The molecule has 7 nitrogen and oxygen atoms in total. The number of hydrogen-bond acceptors (Lipinski definition) is 6. The van der Waals surface area contributed by atoms with Crippen molar-refractivity contribution in [2.75, 3.05) is 13.2 Å². The average Bonchev–Trinajstić information content (AvgIpc) is 3.07. The van der Waals surface area contributed by atoms with Crippen molar-refractivity contribution >= 4 is 23.2 Å². The molecule has 0 aliphatic heterocycles. The van der Waals surface area contributed by atoms with E-state index in [9.17, 15) is 19.7 Å². The van der Waals surface area contributed by atoms with Crippen LogP contribution in [0.15, 0.2) is 30.8 Å². The third-order valence-electron chi connectivity index (χ3n) is 4.81. The van der Waals surface area contributed by atoms with Gasteiger partial charge < -0.3 is 9.47 Å². The summed E-state index contributed by atoms with van der Waals surface area (Å²) in [6.45, 7) is 7.78. The maximum Gasteiger partial charge on any atom is 0.324 e. The second kappa shape index (κ2) is 8.12. The lowest BCUT2D eigenvalue weighted by Gasteiger charge is -2.32.